The van der Waals surface area contributed by atoms with Crippen molar-refractivity contribution in [2.24, 2.45) is 5.73 Å². The maximum Gasteiger partial charge on any atom is 0.253 e. The van der Waals surface area contributed by atoms with Crippen LogP contribution in [0.3, 0.4) is 0 Å². The van der Waals surface area contributed by atoms with Crippen LogP contribution < -0.4 is 5.73 Å². The van der Waals surface area contributed by atoms with Crippen LogP contribution in [0.4, 0.5) is 0 Å². The van der Waals surface area contributed by atoms with Gasteiger partial charge in [-0.3, -0.25) is 4.79 Å². The molecule has 3 nitrogen and oxygen atoms in total. The van der Waals surface area contributed by atoms with Crippen molar-refractivity contribution < 1.29 is 4.79 Å². The molecule has 1 amide bonds. The monoisotopic (exact) mass is 288 g/mol. The number of amides is 1. The van der Waals surface area contributed by atoms with Gasteiger partial charge in [0, 0.05) is 30.0 Å². The standard InChI is InChI=1S/C16H20N2OS/c1-12-5-6-14(10-13(12)4-3-8-17)16(19)18(2)15-7-9-20-11-15/h5-6,10,15H,7-9,11,17H2,1-2H3. The molecule has 4 heteroatoms. The molecular formula is C16H20N2OS. The minimum Gasteiger partial charge on any atom is -0.338 e. The van der Waals surface area contributed by atoms with Gasteiger partial charge in [-0.2, -0.15) is 11.8 Å². The SMILES string of the molecule is Cc1ccc(C(=O)N(C)C2CCSC2)cc1C#CCN. The summed E-state index contributed by atoms with van der Waals surface area (Å²) >= 11 is 1.91. The predicted octanol–water partition coefficient (Wildman–Crippen LogP) is 1.88. The Morgan fingerprint density at radius 2 is 2.35 bits per heavy atom. The van der Waals surface area contributed by atoms with Crippen LogP contribution in [0.1, 0.15) is 27.9 Å². The zero-order valence-electron chi connectivity index (χ0n) is 12.0. The van der Waals surface area contributed by atoms with Crippen molar-refractivity contribution in [2.45, 2.75) is 19.4 Å². The molecule has 0 aromatic heterocycles. The molecule has 0 spiro atoms. The molecule has 0 bridgehead atoms. The number of nitrogens with two attached hydrogens (primary N) is 1. The van der Waals surface area contributed by atoms with Crippen LogP contribution in [-0.4, -0.2) is 41.9 Å². The molecule has 106 valence electrons. The van der Waals surface area contributed by atoms with Crippen molar-refractivity contribution >= 4 is 17.7 Å². The highest BCUT2D eigenvalue weighted by atomic mass is 32.2. The minimum absolute atomic E-state index is 0.0771. The Hall–Kier alpha value is -1.44. The van der Waals surface area contributed by atoms with E-state index >= 15 is 0 Å². The first kappa shape index (κ1) is 15.0. The van der Waals surface area contributed by atoms with Crippen molar-refractivity contribution in [3.63, 3.8) is 0 Å². The third-order valence-corrected chi connectivity index (χ3v) is 4.73. The van der Waals surface area contributed by atoms with E-state index in [1.165, 1.54) is 0 Å². The Balaban J connectivity index is 2.21. The molecular weight excluding hydrogens is 268 g/mol. The summed E-state index contributed by atoms with van der Waals surface area (Å²) in [5, 5.41) is 0. The Morgan fingerprint density at radius 1 is 1.55 bits per heavy atom. The highest BCUT2D eigenvalue weighted by Gasteiger charge is 2.24. The molecule has 1 heterocycles. The van der Waals surface area contributed by atoms with E-state index in [9.17, 15) is 4.79 Å². The van der Waals surface area contributed by atoms with Gasteiger partial charge in [0.05, 0.1) is 6.54 Å². The maximum absolute atomic E-state index is 12.5. The molecule has 1 unspecified atom stereocenters. The second kappa shape index (κ2) is 6.83. The number of rotatable bonds is 2. The molecule has 0 saturated carbocycles. The molecule has 1 aliphatic heterocycles. The molecule has 1 fully saturated rings. The first-order chi connectivity index (χ1) is 9.63. The van der Waals surface area contributed by atoms with Gasteiger partial charge in [-0.1, -0.05) is 17.9 Å². The normalized spacial score (nSPS) is 17.4. The molecule has 1 atom stereocenters. The zero-order chi connectivity index (χ0) is 14.5. The first-order valence-corrected chi connectivity index (χ1v) is 7.93. The number of nitrogens with zero attached hydrogens (tertiary/aromatic N) is 1. The molecule has 1 aromatic rings. The molecule has 2 N–H and O–H groups in total. The van der Waals surface area contributed by atoms with Crippen molar-refractivity contribution in [1.82, 2.24) is 4.90 Å². The van der Waals surface area contributed by atoms with Gasteiger partial charge in [0.25, 0.3) is 5.91 Å². The van der Waals surface area contributed by atoms with Crippen molar-refractivity contribution in [1.29, 1.82) is 0 Å². The van der Waals surface area contributed by atoms with Gasteiger partial charge in [0.2, 0.25) is 0 Å². The van der Waals surface area contributed by atoms with E-state index in [0.717, 1.165) is 29.1 Å². The summed E-state index contributed by atoms with van der Waals surface area (Å²) in [4.78, 5) is 14.4. The number of hydrogen-bond donors (Lipinski definition) is 1. The Morgan fingerprint density at radius 3 is 3.00 bits per heavy atom. The van der Waals surface area contributed by atoms with Crippen molar-refractivity contribution in [3.8, 4) is 11.8 Å². The lowest BCUT2D eigenvalue weighted by Crippen LogP contribution is -2.37. The third-order valence-electron chi connectivity index (χ3n) is 3.58. The maximum atomic E-state index is 12.5. The number of carbonyl (C=O) groups is 1. The predicted molar refractivity (Wildman–Crippen MR) is 84.9 cm³/mol. The van der Waals surface area contributed by atoms with E-state index < -0.39 is 0 Å². The molecule has 2 rings (SSSR count). The van der Waals surface area contributed by atoms with Gasteiger partial charge in [0.15, 0.2) is 0 Å². The van der Waals surface area contributed by atoms with Gasteiger partial charge >= 0.3 is 0 Å². The van der Waals surface area contributed by atoms with Gasteiger partial charge < -0.3 is 10.6 Å². The molecule has 1 aliphatic rings. The third kappa shape index (κ3) is 3.36. The lowest BCUT2D eigenvalue weighted by Gasteiger charge is -2.24. The smallest absolute Gasteiger partial charge is 0.253 e. The lowest BCUT2D eigenvalue weighted by atomic mass is 10.0. The van der Waals surface area contributed by atoms with Crippen LogP contribution in [0.2, 0.25) is 0 Å². The molecule has 1 saturated heterocycles. The topological polar surface area (TPSA) is 46.3 Å². The number of benzene rings is 1. The summed E-state index contributed by atoms with van der Waals surface area (Å²) in [7, 11) is 1.89. The molecule has 1 aromatic carbocycles. The minimum atomic E-state index is 0.0771. The highest BCUT2D eigenvalue weighted by Crippen LogP contribution is 2.23. The van der Waals surface area contributed by atoms with Gasteiger partial charge in [-0.25, -0.2) is 0 Å². The fourth-order valence-electron chi connectivity index (χ4n) is 2.23. The van der Waals surface area contributed by atoms with E-state index in [4.69, 9.17) is 5.73 Å². The first-order valence-electron chi connectivity index (χ1n) is 6.78. The summed E-state index contributed by atoms with van der Waals surface area (Å²) in [6, 6.07) is 6.06. The van der Waals surface area contributed by atoms with E-state index in [0.29, 0.717) is 18.2 Å². The summed E-state index contributed by atoms with van der Waals surface area (Å²) in [6.07, 6.45) is 1.08. The average Bonchev–Trinajstić information content (AvgIpc) is 2.99. The average molecular weight is 288 g/mol. The fourth-order valence-corrected chi connectivity index (χ4v) is 3.50. The highest BCUT2D eigenvalue weighted by molar-refractivity contribution is 7.99. The number of hydrogen-bond acceptors (Lipinski definition) is 3. The summed E-state index contributed by atoms with van der Waals surface area (Å²) in [5.41, 5.74) is 8.06. The second-order valence-corrected chi connectivity index (χ2v) is 6.12. The van der Waals surface area contributed by atoms with Crippen LogP contribution >= 0.6 is 11.8 Å². The summed E-state index contributed by atoms with van der Waals surface area (Å²) in [5.74, 6) is 8.13. The molecule has 20 heavy (non-hydrogen) atoms. The number of carbonyl (C=O) groups excluding carboxylic acids is 1. The van der Waals surface area contributed by atoms with E-state index in [-0.39, 0.29) is 5.91 Å². The second-order valence-electron chi connectivity index (χ2n) is 4.97. The molecule has 0 radical (unpaired) electrons. The van der Waals surface area contributed by atoms with E-state index in [2.05, 4.69) is 11.8 Å². The number of thioether (sulfide) groups is 1. The summed E-state index contributed by atoms with van der Waals surface area (Å²) in [6.45, 7) is 2.32. The summed E-state index contributed by atoms with van der Waals surface area (Å²) < 4.78 is 0. The number of aryl methyl sites for hydroxylation is 1. The lowest BCUT2D eigenvalue weighted by molar-refractivity contribution is 0.0748. The van der Waals surface area contributed by atoms with Gasteiger partial charge in [-0.05, 0) is 36.8 Å². The van der Waals surface area contributed by atoms with Crippen LogP contribution in [0.25, 0.3) is 0 Å². The largest absolute Gasteiger partial charge is 0.338 e. The zero-order valence-corrected chi connectivity index (χ0v) is 12.8. The van der Waals surface area contributed by atoms with Crippen LogP contribution in [0, 0.1) is 18.8 Å². The Bertz CT molecular complexity index is 553. The Labute approximate surface area is 124 Å². The van der Waals surface area contributed by atoms with E-state index in [1.54, 1.807) is 0 Å². The van der Waals surface area contributed by atoms with Crippen LogP contribution in [0.5, 0.6) is 0 Å². The van der Waals surface area contributed by atoms with E-state index in [1.807, 2.05) is 48.8 Å². The van der Waals surface area contributed by atoms with Gasteiger partial charge in [-0.15, -0.1) is 0 Å². The fraction of sp³-hybridized carbons (Fsp3) is 0.438. The van der Waals surface area contributed by atoms with Crippen molar-refractivity contribution in [3.05, 3.63) is 34.9 Å². The van der Waals surface area contributed by atoms with Gasteiger partial charge in [0.1, 0.15) is 0 Å². The van der Waals surface area contributed by atoms with Crippen LogP contribution in [0.15, 0.2) is 18.2 Å². The molecule has 0 aliphatic carbocycles. The quantitative estimate of drug-likeness (QED) is 0.845. The Kier molecular flexibility index (Phi) is 5.11. The van der Waals surface area contributed by atoms with Crippen LogP contribution in [-0.2, 0) is 0 Å². The van der Waals surface area contributed by atoms with Crippen molar-refractivity contribution in [2.75, 3.05) is 25.1 Å².